The number of thiocarbonyl (C=S) groups is 1. The van der Waals surface area contributed by atoms with Crippen LogP contribution in [0, 0.1) is 0 Å². The quantitative estimate of drug-likeness (QED) is 0.271. The molecular formula is C27H27N2O4PS. The molecule has 0 saturated carbocycles. The van der Waals surface area contributed by atoms with Crippen molar-refractivity contribution in [2.24, 2.45) is 0 Å². The summed E-state index contributed by atoms with van der Waals surface area (Å²) < 4.78 is 25.4. The summed E-state index contributed by atoms with van der Waals surface area (Å²) in [7, 11) is -1.58. The van der Waals surface area contributed by atoms with Gasteiger partial charge >= 0.3 is 5.97 Å². The van der Waals surface area contributed by atoms with Crippen LogP contribution in [0.4, 0.5) is 0 Å². The van der Waals surface area contributed by atoms with Crippen molar-refractivity contribution in [3.05, 3.63) is 102 Å². The highest BCUT2D eigenvalue weighted by atomic mass is 32.1. The number of hydrogen-bond acceptors (Lipinski definition) is 5. The van der Waals surface area contributed by atoms with Gasteiger partial charge in [-0.05, 0) is 36.8 Å². The Labute approximate surface area is 210 Å². The van der Waals surface area contributed by atoms with Crippen LogP contribution in [-0.4, -0.2) is 31.0 Å². The molecule has 1 heterocycles. The van der Waals surface area contributed by atoms with Crippen molar-refractivity contribution < 1.29 is 18.8 Å². The van der Waals surface area contributed by atoms with Gasteiger partial charge in [0.05, 0.1) is 25.3 Å². The van der Waals surface area contributed by atoms with E-state index in [-0.39, 0.29) is 12.8 Å². The first-order chi connectivity index (χ1) is 17.0. The lowest BCUT2D eigenvalue weighted by Crippen LogP contribution is -2.47. The van der Waals surface area contributed by atoms with Gasteiger partial charge in [-0.1, -0.05) is 72.8 Å². The summed E-state index contributed by atoms with van der Waals surface area (Å²) in [6.45, 7) is 1.97. The van der Waals surface area contributed by atoms with Crippen LogP contribution in [0.1, 0.15) is 18.5 Å². The Balaban J connectivity index is 1.87. The Morgan fingerprint density at radius 2 is 1.51 bits per heavy atom. The monoisotopic (exact) mass is 506 g/mol. The average molecular weight is 507 g/mol. The molecule has 0 aliphatic carbocycles. The molecular weight excluding hydrogens is 479 g/mol. The molecule has 0 radical (unpaired) electrons. The summed E-state index contributed by atoms with van der Waals surface area (Å²) in [5.41, 5.74) is 1.66. The van der Waals surface area contributed by atoms with E-state index in [2.05, 4.69) is 10.6 Å². The first-order valence-corrected chi connectivity index (χ1v) is 13.6. The number of methoxy groups -OCH3 is 1. The Bertz CT molecular complexity index is 1230. The standard InChI is InChI=1S/C27H27N2O4PS/c1-3-33-26(30)24-23(28-27(35)29-25(24)19-14-16-20(32-2)17-15-19)18-34(31,21-10-6-4-7-11-21)22-12-8-5-9-13-22/h4-17,25H,3,18H2,1-2H3,(H2,28,29,35). The van der Waals surface area contributed by atoms with Crippen LogP contribution in [0.15, 0.2) is 96.2 Å². The Morgan fingerprint density at radius 1 is 0.943 bits per heavy atom. The normalized spacial score (nSPS) is 15.7. The zero-order valence-corrected chi connectivity index (χ0v) is 21.3. The van der Waals surface area contributed by atoms with Crippen LogP contribution < -0.4 is 26.0 Å². The number of rotatable bonds is 8. The first-order valence-electron chi connectivity index (χ1n) is 11.3. The van der Waals surface area contributed by atoms with Gasteiger partial charge in [0.25, 0.3) is 0 Å². The molecule has 6 nitrogen and oxygen atoms in total. The summed E-state index contributed by atoms with van der Waals surface area (Å²) in [6.07, 6.45) is 0.0870. The van der Waals surface area contributed by atoms with Crippen LogP contribution in [0.5, 0.6) is 5.75 Å². The van der Waals surface area contributed by atoms with Gasteiger partial charge in [0.15, 0.2) is 5.11 Å². The second-order valence-electron chi connectivity index (χ2n) is 7.99. The number of esters is 1. The maximum Gasteiger partial charge on any atom is 0.338 e. The molecule has 1 unspecified atom stereocenters. The molecule has 1 aliphatic rings. The van der Waals surface area contributed by atoms with E-state index < -0.39 is 19.2 Å². The van der Waals surface area contributed by atoms with Gasteiger partial charge in [0.1, 0.15) is 12.9 Å². The van der Waals surface area contributed by atoms with Crippen molar-refractivity contribution in [2.75, 3.05) is 19.9 Å². The van der Waals surface area contributed by atoms with E-state index in [1.807, 2.05) is 84.9 Å². The summed E-state index contributed by atoms with van der Waals surface area (Å²) in [6, 6.07) is 25.5. The first kappa shape index (κ1) is 24.7. The molecule has 1 aliphatic heterocycles. The molecule has 3 aromatic rings. The van der Waals surface area contributed by atoms with E-state index in [1.54, 1.807) is 14.0 Å². The van der Waals surface area contributed by atoms with E-state index in [0.29, 0.717) is 32.7 Å². The minimum atomic E-state index is -3.18. The fraction of sp³-hybridized carbons (Fsp3) is 0.185. The highest BCUT2D eigenvalue weighted by Crippen LogP contribution is 2.46. The van der Waals surface area contributed by atoms with Crippen LogP contribution in [0.25, 0.3) is 0 Å². The number of allylic oxidation sites excluding steroid dienone is 1. The largest absolute Gasteiger partial charge is 0.497 e. The van der Waals surface area contributed by atoms with Gasteiger partial charge in [0.2, 0.25) is 0 Å². The topological polar surface area (TPSA) is 76.7 Å². The number of carbonyl (C=O) groups is 1. The third-order valence-corrected chi connectivity index (χ3v) is 9.07. The Morgan fingerprint density at radius 3 is 2.03 bits per heavy atom. The van der Waals surface area contributed by atoms with E-state index in [9.17, 15) is 9.36 Å². The Kier molecular flexibility index (Phi) is 7.69. The zero-order valence-electron chi connectivity index (χ0n) is 19.6. The average Bonchev–Trinajstić information content (AvgIpc) is 2.89. The lowest BCUT2D eigenvalue weighted by Gasteiger charge is -2.32. The summed E-state index contributed by atoms with van der Waals surface area (Å²) in [5, 5.41) is 8.07. The van der Waals surface area contributed by atoms with E-state index in [4.69, 9.17) is 21.7 Å². The van der Waals surface area contributed by atoms with Crippen LogP contribution in [0.3, 0.4) is 0 Å². The lowest BCUT2D eigenvalue weighted by molar-refractivity contribution is -0.139. The summed E-state index contributed by atoms with van der Waals surface area (Å²) >= 11 is 5.51. The van der Waals surface area contributed by atoms with Gasteiger partial charge in [-0.15, -0.1) is 0 Å². The number of hydrogen-bond donors (Lipinski definition) is 2. The molecule has 4 rings (SSSR count). The Hall–Kier alpha value is -3.41. The van der Waals surface area contributed by atoms with Gasteiger partial charge in [-0.25, -0.2) is 4.79 Å². The number of carbonyl (C=O) groups excluding carboxylic acids is 1. The van der Waals surface area contributed by atoms with Crippen molar-refractivity contribution in [1.29, 1.82) is 0 Å². The van der Waals surface area contributed by atoms with E-state index in [0.717, 1.165) is 5.56 Å². The molecule has 180 valence electrons. The lowest BCUT2D eigenvalue weighted by atomic mass is 9.95. The number of ether oxygens (including phenoxy) is 2. The molecule has 0 spiro atoms. The fourth-order valence-corrected chi connectivity index (χ4v) is 7.04. The van der Waals surface area contributed by atoms with Gasteiger partial charge in [0, 0.05) is 22.5 Å². The highest BCUT2D eigenvalue weighted by molar-refractivity contribution is 7.80. The molecule has 3 aromatic carbocycles. The van der Waals surface area contributed by atoms with Gasteiger partial charge in [-0.3, -0.25) is 0 Å². The second-order valence-corrected chi connectivity index (χ2v) is 11.2. The maximum atomic E-state index is 14.7. The van der Waals surface area contributed by atoms with Crippen LogP contribution >= 0.6 is 19.4 Å². The SMILES string of the molecule is CCOC(=O)C1=C(CP(=O)(c2ccccc2)c2ccccc2)NC(=S)NC1c1ccc(OC)cc1. The predicted molar refractivity (Wildman–Crippen MR) is 143 cm³/mol. The van der Waals surface area contributed by atoms with E-state index in [1.165, 1.54) is 0 Å². The molecule has 8 heteroatoms. The van der Waals surface area contributed by atoms with Gasteiger partial charge in [-0.2, -0.15) is 0 Å². The molecule has 0 fully saturated rings. The third kappa shape index (κ3) is 5.31. The minimum absolute atomic E-state index is 0.0870. The second kappa shape index (κ2) is 10.9. The highest BCUT2D eigenvalue weighted by Gasteiger charge is 2.37. The molecule has 0 aromatic heterocycles. The fourth-order valence-electron chi connectivity index (χ4n) is 4.13. The van der Waals surface area contributed by atoms with Crippen LogP contribution in [-0.2, 0) is 14.1 Å². The van der Waals surface area contributed by atoms with Crippen LogP contribution in [0.2, 0.25) is 0 Å². The summed E-state index contributed by atoms with van der Waals surface area (Å²) in [4.78, 5) is 13.3. The van der Waals surface area contributed by atoms with Crippen molar-refractivity contribution in [2.45, 2.75) is 13.0 Å². The van der Waals surface area contributed by atoms with Crippen molar-refractivity contribution in [1.82, 2.24) is 10.6 Å². The molecule has 0 bridgehead atoms. The zero-order chi connectivity index (χ0) is 24.8. The molecule has 0 amide bonds. The number of nitrogens with one attached hydrogen (secondary N) is 2. The molecule has 1 atom stereocenters. The smallest absolute Gasteiger partial charge is 0.338 e. The molecule has 35 heavy (non-hydrogen) atoms. The maximum absolute atomic E-state index is 14.7. The van der Waals surface area contributed by atoms with Gasteiger partial charge < -0.3 is 24.7 Å². The molecule has 0 saturated heterocycles. The van der Waals surface area contributed by atoms with Crippen molar-refractivity contribution in [3.63, 3.8) is 0 Å². The number of benzene rings is 3. The third-order valence-electron chi connectivity index (χ3n) is 5.83. The summed E-state index contributed by atoms with van der Waals surface area (Å²) in [5.74, 6) is 0.211. The minimum Gasteiger partial charge on any atom is -0.497 e. The van der Waals surface area contributed by atoms with E-state index >= 15 is 0 Å². The molecule has 2 N–H and O–H groups in total. The van der Waals surface area contributed by atoms with Crippen molar-refractivity contribution >= 4 is 41.1 Å². The predicted octanol–water partition coefficient (Wildman–Crippen LogP) is 4.05. The van der Waals surface area contributed by atoms with Crippen molar-refractivity contribution in [3.8, 4) is 5.75 Å².